The Bertz CT molecular complexity index is 344. The van der Waals surface area contributed by atoms with Crippen molar-refractivity contribution in [1.82, 2.24) is 0 Å². The number of nitrogens with zero attached hydrogens (tertiary/aromatic N) is 2. The van der Waals surface area contributed by atoms with Gasteiger partial charge in [-0.1, -0.05) is 0 Å². The van der Waals surface area contributed by atoms with Gasteiger partial charge >= 0.3 is 114 Å². The van der Waals surface area contributed by atoms with Crippen LogP contribution in [0, 0.1) is 0 Å². The van der Waals surface area contributed by atoms with Gasteiger partial charge in [0.25, 0.3) is 0 Å². The van der Waals surface area contributed by atoms with Crippen LogP contribution >= 0.6 is 0 Å². The van der Waals surface area contributed by atoms with Gasteiger partial charge in [-0.05, 0) is 0 Å². The van der Waals surface area contributed by atoms with Crippen molar-refractivity contribution in [2.45, 2.75) is 22.2 Å². The zero-order valence-electron chi connectivity index (χ0n) is 13.5. The minimum Gasteiger partial charge on any atom is 2.00 e. The van der Waals surface area contributed by atoms with Crippen LogP contribution < -0.4 is 0 Å². The van der Waals surface area contributed by atoms with Gasteiger partial charge in [0.2, 0.25) is 0 Å². The predicted octanol–water partition coefficient (Wildman–Crippen LogP) is 4.66. The molecule has 0 atom stereocenters. The molecule has 2 aliphatic carbocycles. The second-order valence-electron chi connectivity index (χ2n) is 4.63. The summed E-state index contributed by atoms with van der Waals surface area (Å²) in [6, 6.07) is 0. The Kier molecular flexibility index (Phi) is 18.2. The molecule has 0 aliphatic heterocycles. The predicted molar refractivity (Wildman–Crippen MR) is 90.5 cm³/mol. The van der Waals surface area contributed by atoms with E-state index in [1.54, 1.807) is 37.4 Å². The monoisotopic (exact) mass is 457 g/mol. The smallest absolute Gasteiger partial charge is 2.00 e. The molecule has 0 aromatic carbocycles. The molecule has 0 amide bonds. The average molecular weight is 457 g/mol. The van der Waals surface area contributed by atoms with E-state index >= 15 is 0 Å². The fourth-order valence-electron chi connectivity index (χ4n) is 1.84. The van der Waals surface area contributed by atoms with E-state index in [0.29, 0.717) is 0 Å². The molecule has 0 aromatic heterocycles. The number of hydrogen-bond acceptors (Lipinski definition) is 0. The van der Waals surface area contributed by atoms with Gasteiger partial charge in [0.1, 0.15) is 0 Å². The summed E-state index contributed by atoms with van der Waals surface area (Å²) < 4.78 is 3.22. The van der Waals surface area contributed by atoms with Gasteiger partial charge in [0, 0.05) is 0 Å². The van der Waals surface area contributed by atoms with Crippen molar-refractivity contribution in [1.29, 1.82) is 0 Å². The van der Waals surface area contributed by atoms with Crippen LogP contribution in [0.4, 0.5) is 0 Å². The molecule has 4 heteroatoms. The van der Waals surface area contributed by atoms with Gasteiger partial charge in [-0.15, -0.1) is 0 Å². The van der Waals surface area contributed by atoms with Gasteiger partial charge in [0.15, 0.2) is 0 Å². The number of rotatable bonds is 3. The van der Waals surface area contributed by atoms with Crippen LogP contribution in [0.1, 0.15) is 12.8 Å². The second kappa shape index (κ2) is 15.9. The van der Waals surface area contributed by atoms with Crippen molar-refractivity contribution in [2.75, 3.05) is 28.2 Å². The quantitative estimate of drug-likeness (QED) is 0.552. The molecule has 0 unspecified atom stereocenters. The van der Waals surface area contributed by atoms with Crippen molar-refractivity contribution in [3.8, 4) is 0 Å². The molecule has 109 valence electrons. The maximum absolute atomic E-state index is 3.50. The maximum atomic E-state index is 3.50. The first-order valence-corrected chi connectivity index (χ1v) is 13.0. The summed E-state index contributed by atoms with van der Waals surface area (Å²) in [5.41, 5.74) is 1.67. The number of allylic oxidation sites excluding steroid dienone is 8. The molecule has 0 N–H and O–H groups in total. The van der Waals surface area contributed by atoms with Crippen molar-refractivity contribution < 1.29 is 26.2 Å². The normalized spacial score (nSPS) is 14.7. The van der Waals surface area contributed by atoms with E-state index in [4.69, 9.17) is 0 Å². The molecular weight excluding hydrogens is 430 g/mol. The maximum Gasteiger partial charge on any atom is 2.00 e. The Balaban J connectivity index is 0. The van der Waals surface area contributed by atoms with Crippen LogP contribution in [0.3, 0.4) is 0 Å². The summed E-state index contributed by atoms with van der Waals surface area (Å²) in [6.45, 7) is 0. The van der Waals surface area contributed by atoms with Gasteiger partial charge in [-0.25, -0.2) is 0 Å². The summed E-state index contributed by atoms with van der Waals surface area (Å²) in [5, 5.41) is 7.00. The van der Waals surface area contributed by atoms with Crippen LogP contribution in [-0.2, 0) is 26.2 Å². The standard InChI is InChI=1S/C6H7.C5H5.2C2H6N.CH3.Sn.Zr/c1-6-4-2-3-5-6;1-2-4-5-3-1;2*1-3-2;;;/h2-4H,1,5H2;1-3H,4H2;2*1-2H3;1H3;;/q;;2*-1;;;+2. The van der Waals surface area contributed by atoms with E-state index in [1.807, 2.05) is 0 Å². The van der Waals surface area contributed by atoms with Gasteiger partial charge in [-0.3, -0.25) is 0 Å². The molecule has 1 radical (unpaired) electrons. The molecule has 2 nitrogen and oxygen atoms in total. The van der Waals surface area contributed by atoms with Gasteiger partial charge < -0.3 is 10.6 Å². The fraction of sp³-hybridized carbons (Fsp3) is 0.500. The number of hydrogen-bond donors (Lipinski definition) is 0. The first-order chi connectivity index (χ1) is 9.19. The van der Waals surface area contributed by atoms with Crippen LogP contribution in [0.25, 0.3) is 10.6 Å². The van der Waals surface area contributed by atoms with E-state index in [9.17, 15) is 0 Å². The third-order valence-electron chi connectivity index (χ3n) is 2.66. The molecule has 2 rings (SSSR count). The van der Waals surface area contributed by atoms with E-state index in [1.165, 1.54) is 17.3 Å². The molecule has 0 bridgehead atoms. The minimum absolute atomic E-state index is 0. The molecule has 0 spiro atoms. The molecule has 20 heavy (non-hydrogen) atoms. The molecule has 0 saturated carbocycles. The Morgan fingerprint density at radius 3 is 1.85 bits per heavy atom. The van der Waals surface area contributed by atoms with Crippen molar-refractivity contribution in [3.63, 3.8) is 0 Å². The Morgan fingerprint density at radius 2 is 1.45 bits per heavy atom. The summed E-state index contributed by atoms with van der Waals surface area (Å²) in [7, 11) is 7.00. The molecule has 0 aromatic rings. The van der Waals surface area contributed by atoms with Crippen molar-refractivity contribution >= 4 is 19.8 Å². The minimum atomic E-state index is -1.18. The Hall–Kier alpha value is 0.562. The zero-order chi connectivity index (χ0) is 14.5. The first kappa shape index (κ1) is 22.8. The van der Waals surface area contributed by atoms with Crippen LogP contribution in [0.5, 0.6) is 0 Å². The SMILES string of the molecule is C[N-]C.C[N-]C.[CH3][Sn]([CH2]C1=CC=CC1)[C]1=CC=CC1.[Zr+2]. The van der Waals surface area contributed by atoms with E-state index in [0.717, 1.165) is 0 Å². The van der Waals surface area contributed by atoms with E-state index < -0.39 is 19.8 Å². The summed E-state index contributed by atoms with van der Waals surface area (Å²) >= 11 is -1.18. The third kappa shape index (κ3) is 11.2. The molecule has 0 fully saturated rings. The summed E-state index contributed by atoms with van der Waals surface area (Å²) in [5.74, 6) is 0. The Labute approximate surface area is 151 Å². The zero-order valence-corrected chi connectivity index (χ0v) is 18.8. The Morgan fingerprint density at radius 1 is 0.950 bits per heavy atom. The molecule has 0 saturated heterocycles. The van der Waals surface area contributed by atoms with Crippen LogP contribution in [-0.4, -0.2) is 48.0 Å². The molecule has 2 aliphatic rings. The molecular formula is C16H27N2SnZr. The largest absolute Gasteiger partial charge is 2.00 e. The summed E-state index contributed by atoms with van der Waals surface area (Å²) in [4.78, 5) is 2.53. The second-order valence-corrected chi connectivity index (χ2v) is 11.9. The van der Waals surface area contributed by atoms with Crippen molar-refractivity contribution in [3.05, 3.63) is 56.3 Å². The van der Waals surface area contributed by atoms with E-state index in [-0.39, 0.29) is 26.2 Å². The van der Waals surface area contributed by atoms with Gasteiger partial charge in [0.05, 0.1) is 0 Å². The van der Waals surface area contributed by atoms with Crippen LogP contribution in [0.2, 0.25) is 9.38 Å². The summed E-state index contributed by atoms with van der Waals surface area (Å²) in [6.07, 6.45) is 16.1. The average Bonchev–Trinajstić information content (AvgIpc) is 3.03. The fourth-order valence-corrected chi connectivity index (χ4v) is 7.60. The third-order valence-corrected chi connectivity index (χ3v) is 9.66. The van der Waals surface area contributed by atoms with Gasteiger partial charge in [-0.2, -0.15) is 28.2 Å². The molecule has 0 heterocycles. The topological polar surface area (TPSA) is 28.2 Å². The van der Waals surface area contributed by atoms with E-state index in [2.05, 4.69) is 52.0 Å². The van der Waals surface area contributed by atoms with Crippen LogP contribution in [0.15, 0.2) is 45.6 Å². The first-order valence-electron chi connectivity index (χ1n) is 6.68. The van der Waals surface area contributed by atoms with Crippen molar-refractivity contribution in [2.24, 2.45) is 0 Å².